The minimum atomic E-state index is -0.130. The minimum Gasteiger partial charge on any atom is -0.376 e. The molecular formula is C15H22N2O2. The van der Waals surface area contributed by atoms with Crippen molar-refractivity contribution in [2.24, 2.45) is 5.73 Å². The summed E-state index contributed by atoms with van der Waals surface area (Å²) in [7, 11) is 1.72. The lowest BCUT2D eigenvalue weighted by Gasteiger charge is -2.40. The van der Waals surface area contributed by atoms with Gasteiger partial charge in [0.25, 0.3) is 5.91 Å². The molecule has 1 aromatic rings. The highest BCUT2D eigenvalue weighted by Gasteiger charge is 2.37. The van der Waals surface area contributed by atoms with E-state index in [4.69, 9.17) is 10.5 Å². The molecule has 1 saturated carbocycles. The van der Waals surface area contributed by atoms with Gasteiger partial charge in [-0.3, -0.25) is 4.79 Å². The second-order valence-corrected chi connectivity index (χ2v) is 5.16. The summed E-state index contributed by atoms with van der Waals surface area (Å²) in [6.07, 6.45) is 4.07. The van der Waals surface area contributed by atoms with E-state index >= 15 is 0 Å². The van der Waals surface area contributed by atoms with Crippen molar-refractivity contribution in [2.45, 2.75) is 31.3 Å². The standard InChI is InChI=1S/C15H22N2O2/c1-19-15(8-2-9-15)11-17-14(18)13-5-3-12(4-6-13)7-10-16/h3-6H,2,7-11,16H2,1H3,(H,17,18). The number of carbonyl (C=O) groups excluding carboxylic acids is 1. The molecule has 0 radical (unpaired) electrons. The van der Waals surface area contributed by atoms with Gasteiger partial charge in [0.2, 0.25) is 0 Å². The number of carbonyl (C=O) groups is 1. The van der Waals surface area contributed by atoms with Crippen molar-refractivity contribution in [2.75, 3.05) is 20.2 Å². The summed E-state index contributed by atoms with van der Waals surface area (Å²) >= 11 is 0. The Labute approximate surface area is 114 Å². The number of nitrogens with one attached hydrogen (secondary N) is 1. The predicted octanol–water partition coefficient (Wildman–Crippen LogP) is 1.49. The maximum Gasteiger partial charge on any atom is 0.251 e. The zero-order chi connectivity index (χ0) is 13.7. The first kappa shape index (κ1) is 14.0. The van der Waals surface area contributed by atoms with E-state index in [9.17, 15) is 4.79 Å². The molecule has 0 aromatic heterocycles. The molecular weight excluding hydrogens is 240 g/mol. The summed E-state index contributed by atoms with van der Waals surface area (Å²) in [6.45, 7) is 1.22. The van der Waals surface area contributed by atoms with Crippen LogP contribution >= 0.6 is 0 Å². The molecule has 0 saturated heterocycles. The third-order valence-electron chi connectivity index (χ3n) is 3.92. The number of hydrogen-bond donors (Lipinski definition) is 2. The normalized spacial score (nSPS) is 16.7. The minimum absolute atomic E-state index is 0.0392. The Morgan fingerprint density at radius 1 is 1.37 bits per heavy atom. The topological polar surface area (TPSA) is 64.3 Å². The van der Waals surface area contributed by atoms with E-state index in [2.05, 4.69) is 5.32 Å². The molecule has 0 bridgehead atoms. The summed E-state index contributed by atoms with van der Waals surface area (Å²) in [5.41, 5.74) is 7.21. The Morgan fingerprint density at radius 2 is 2.05 bits per heavy atom. The van der Waals surface area contributed by atoms with Gasteiger partial charge in [-0.25, -0.2) is 0 Å². The molecule has 4 nitrogen and oxygen atoms in total. The van der Waals surface area contributed by atoms with Gasteiger partial charge in [-0.1, -0.05) is 12.1 Å². The number of ether oxygens (including phenoxy) is 1. The molecule has 0 atom stereocenters. The fraction of sp³-hybridized carbons (Fsp3) is 0.533. The molecule has 1 aromatic carbocycles. The second kappa shape index (κ2) is 6.17. The van der Waals surface area contributed by atoms with Gasteiger partial charge in [0.1, 0.15) is 0 Å². The van der Waals surface area contributed by atoms with Crippen molar-refractivity contribution in [3.05, 3.63) is 35.4 Å². The Balaban J connectivity index is 1.89. The molecule has 4 heteroatoms. The summed E-state index contributed by atoms with van der Waals surface area (Å²) in [4.78, 5) is 12.0. The molecule has 1 aliphatic carbocycles. The van der Waals surface area contributed by atoms with Gasteiger partial charge in [-0.05, 0) is 49.9 Å². The van der Waals surface area contributed by atoms with Crippen molar-refractivity contribution in [1.82, 2.24) is 5.32 Å². The largest absolute Gasteiger partial charge is 0.376 e. The highest BCUT2D eigenvalue weighted by atomic mass is 16.5. The molecule has 0 heterocycles. The molecule has 0 unspecified atom stereocenters. The quantitative estimate of drug-likeness (QED) is 0.816. The van der Waals surface area contributed by atoms with E-state index in [1.807, 2.05) is 24.3 Å². The van der Waals surface area contributed by atoms with E-state index in [0.29, 0.717) is 18.7 Å². The van der Waals surface area contributed by atoms with Crippen LogP contribution in [0.1, 0.15) is 35.2 Å². The Bertz CT molecular complexity index is 419. The number of rotatable bonds is 6. The number of methoxy groups -OCH3 is 1. The molecule has 1 aliphatic rings. The van der Waals surface area contributed by atoms with Crippen LogP contribution in [0.4, 0.5) is 0 Å². The van der Waals surface area contributed by atoms with E-state index < -0.39 is 0 Å². The zero-order valence-electron chi connectivity index (χ0n) is 11.4. The second-order valence-electron chi connectivity index (χ2n) is 5.16. The van der Waals surface area contributed by atoms with Crippen molar-refractivity contribution >= 4 is 5.91 Å². The SMILES string of the molecule is COC1(CNC(=O)c2ccc(CCN)cc2)CCC1. The average Bonchev–Trinajstić information content (AvgIpc) is 2.39. The van der Waals surface area contributed by atoms with Gasteiger partial charge in [0.15, 0.2) is 0 Å². The van der Waals surface area contributed by atoms with Gasteiger partial charge in [0.05, 0.1) is 5.60 Å². The highest BCUT2D eigenvalue weighted by molar-refractivity contribution is 5.94. The zero-order valence-corrected chi connectivity index (χ0v) is 11.4. The van der Waals surface area contributed by atoms with Crippen LogP contribution in [0.2, 0.25) is 0 Å². The molecule has 0 aliphatic heterocycles. The van der Waals surface area contributed by atoms with Crippen LogP contribution in [0.3, 0.4) is 0 Å². The van der Waals surface area contributed by atoms with Crippen LogP contribution in [0.25, 0.3) is 0 Å². The van der Waals surface area contributed by atoms with Crippen molar-refractivity contribution in [3.63, 3.8) is 0 Å². The van der Waals surface area contributed by atoms with Crippen molar-refractivity contribution in [1.29, 1.82) is 0 Å². The van der Waals surface area contributed by atoms with Gasteiger partial charge in [-0.2, -0.15) is 0 Å². The Hall–Kier alpha value is -1.39. The smallest absolute Gasteiger partial charge is 0.251 e. The van der Waals surface area contributed by atoms with E-state index in [-0.39, 0.29) is 11.5 Å². The molecule has 1 fully saturated rings. The summed E-state index contributed by atoms with van der Waals surface area (Å²) in [5.74, 6) is -0.0392. The van der Waals surface area contributed by atoms with Crippen LogP contribution in [0.15, 0.2) is 24.3 Å². The van der Waals surface area contributed by atoms with Crippen LogP contribution in [0.5, 0.6) is 0 Å². The molecule has 1 amide bonds. The van der Waals surface area contributed by atoms with Crippen LogP contribution in [0, 0.1) is 0 Å². The molecule has 0 spiro atoms. The summed E-state index contributed by atoms with van der Waals surface area (Å²) in [6, 6.07) is 7.61. The first-order valence-corrected chi connectivity index (χ1v) is 6.81. The van der Waals surface area contributed by atoms with E-state index in [1.165, 1.54) is 6.42 Å². The van der Waals surface area contributed by atoms with E-state index in [1.54, 1.807) is 7.11 Å². The lowest BCUT2D eigenvalue weighted by Crippen LogP contribution is -2.49. The number of hydrogen-bond acceptors (Lipinski definition) is 3. The van der Waals surface area contributed by atoms with Crippen LogP contribution < -0.4 is 11.1 Å². The third kappa shape index (κ3) is 3.33. The lowest BCUT2D eigenvalue weighted by molar-refractivity contribution is -0.0679. The highest BCUT2D eigenvalue weighted by Crippen LogP contribution is 2.34. The maximum absolute atomic E-state index is 12.0. The van der Waals surface area contributed by atoms with Crippen LogP contribution in [-0.4, -0.2) is 31.7 Å². The van der Waals surface area contributed by atoms with Crippen molar-refractivity contribution < 1.29 is 9.53 Å². The Kier molecular flexibility index (Phi) is 4.56. The number of amides is 1. The number of benzene rings is 1. The number of nitrogens with two attached hydrogens (primary N) is 1. The van der Waals surface area contributed by atoms with E-state index in [0.717, 1.165) is 24.8 Å². The third-order valence-corrected chi connectivity index (χ3v) is 3.92. The van der Waals surface area contributed by atoms with Gasteiger partial charge in [-0.15, -0.1) is 0 Å². The van der Waals surface area contributed by atoms with Crippen LogP contribution in [-0.2, 0) is 11.2 Å². The lowest BCUT2D eigenvalue weighted by atomic mass is 9.80. The molecule has 3 N–H and O–H groups in total. The maximum atomic E-state index is 12.0. The average molecular weight is 262 g/mol. The Morgan fingerprint density at radius 3 is 2.53 bits per heavy atom. The molecule has 2 rings (SSSR count). The fourth-order valence-corrected chi connectivity index (χ4v) is 2.36. The van der Waals surface area contributed by atoms with Gasteiger partial charge in [0, 0.05) is 19.2 Å². The summed E-state index contributed by atoms with van der Waals surface area (Å²) in [5, 5.41) is 2.96. The van der Waals surface area contributed by atoms with Gasteiger partial charge >= 0.3 is 0 Å². The monoisotopic (exact) mass is 262 g/mol. The van der Waals surface area contributed by atoms with Crippen molar-refractivity contribution in [3.8, 4) is 0 Å². The molecule has 104 valence electrons. The first-order valence-electron chi connectivity index (χ1n) is 6.81. The predicted molar refractivity (Wildman–Crippen MR) is 75.1 cm³/mol. The summed E-state index contributed by atoms with van der Waals surface area (Å²) < 4.78 is 5.48. The first-order chi connectivity index (χ1) is 9.19. The van der Waals surface area contributed by atoms with Gasteiger partial charge < -0.3 is 15.8 Å². The fourth-order valence-electron chi connectivity index (χ4n) is 2.36. The molecule has 19 heavy (non-hydrogen) atoms.